The number of piperidine rings is 1. The van der Waals surface area contributed by atoms with Gasteiger partial charge >= 0.3 is 0 Å². The first-order chi connectivity index (χ1) is 11.1. The summed E-state index contributed by atoms with van der Waals surface area (Å²) in [5.74, 6) is 0.756. The Morgan fingerprint density at radius 1 is 1.17 bits per heavy atom. The number of anilines is 2. The molecule has 1 aromatic heterocycles. The molecule has 1 unspecified atom stereocenters. The minimum Gasteiger partial charge on any atom is -0.340 e. The first-order valence-electron chi connectivity index (χ1n) is 8.04. The maximum atomic E-state index is 12.7. The third-order valence-electron chi connectivity index (χ3n) is 4.36. The second-order valence-corrected chi connectivity index (χ2v) is 6.09. The fourth-order valence-electron chi connectivity index (χ4n) is 3.06. The summed E-state index contributed by atoms with van der Waals surface area (Å²) < 4.78 is 0. The van der Waals surface area contributed by atoms with Gasteiger partial charge in [0.25, 0.3) is 0 Å². The lowest BCUT2D eigenvalue weighted by Crippen LogP contribution is -2.41. The number of hydrogen-bond donors (Lipinski definition) is 1. The number of carbonyl (C=O) groups is 1. The van der Waals surface area contributed by atoms with Crippen molar-refractivity contribution in [3.63, 3.8) is 0 Å². The average molecular weight is 310 g/mol. The van der Waals surface area contributed by atoms with E-state index in [2.05, 4.69) is 20.2 Å². The molecule has 0 radical (unpaired) electrons. The summed E-state index contributed by atoms with van der Waals surface area (Å²) in [6.07, 6.45) is 5.36. The normalized spacial score (nSPS) is 17.8. The summed E-state index contributed by atoms with van der Waals surface area (Å²) in [5, 5.41) is 3.11. The molecule has 3 rings (SSSR count). The van der Waals surface area contributed by atoms with Crippen molar-refractivity contribution < 1.29 is 4.79 Å². The largest absolute Gasteiger partial charge is 0.340 e. The molecule has 1 aliphatic rings. The van der Waals surface area contributed by atoms with Crippen molar-refractivity contribution in [1.82, 2.24) is 9.97 Å². The van der Waals surface area contributed by atoms with Crippen molar-refractivity contribution in [1.29, 1.82) is 0 Å². The van der Waals surface area contributed by atoms with Crippen molar-refractivity contribution in [3.8, 4) is 0 Å². The fraction of sp³-hybridized carbons (Fsp3) is 0.389. The van der Waals surface area contributed by atoms with Gasteiger partial charge in [-0.05, 0) is 43.9 Å². The SMILES string of the molecule is Cc1cccc(C)c1NC(=O)C1CCCN(c2ncccn2)C1. The summed E-state index contributed by atoms with van der Waals surface area (Å²) in [6.45, 7) is 5.61. The number of benzene rings is 1. The van der Waals surface area contributed by atoms with Gasteiger partial charge in [-0.15, -0.1) is 0 Å². The van der Waals surface area contributed by atoms with Crippen molar-refractivity contribution in [2.45, 2.75) is 26.7 Å². The minimum atomic E-state index is -0.0356. The molecular formula is C18H22N4O. The lowest BCUT2D eigenvalue weighted by Gasteiger charge is -2.32. The van der Waals surface area contributed by atoms with Crippen LogP contribution >= 0.6 is 0 Å². The van der Waals surface area contributed by atoms with E-state index in [9.17, 15) is 4.79 Å². The summed E-state index contributed by atoms with van der Waals surface area (Å²) in [7, 11) is 0. The van der Waals surface area contributed by atoms with E-state index < -0.39 is 0 Å². The van der Waals surface area contributed by atoms with Crippen molar-refractivity contribution in [3.05, 3.63) is 47.8 Å². The highest BCUT2D eigenvalue weighted by Gasteiger charge is 2.27. The van der Waals surface area contributed by atoms with Crippen LogP contribution in [0, 0.1) is 19.8 Å². The van der Waals surface area contributed by atoms with Crippen LogP contribution in [0.15, 0.2) is 36.7 Å². The van der Waals surface area contributed by atoms with Gasteiger partial charge in [0.05, 0.1) is 5.92 Å². The molecular weight excluding hydrogens is 288 g/mol. The Morgan fingerprint density at radius 3 is 2.57 bits per heavy atom. The molecule has 1 atom stereocenters. The standard InChI is InChI=1S/C18H22N4O/c1-13-6-3-7-14(2)16(13)21-17(23)15-8-4-11-22(12-15)18-19-9-5-10-20-18/h3,5-7,9-10,15H,4,8,11-12H2,1-2H3,(H,21,23). The van der Waals surface area contributed by atoms with Crippen LogP contribution in [-0.4, -0.2) is 29.0 Å². The zero-order valence-electron chi connectivity index (χ0n) is 13.6. The highest BCUT2D eigenvalue weighted by Crippen LogP contribution is 2.24. The van der Waals surface area contributed by atoms with Gasteiger partial charge in [-0.2, -0.15) is 0 Å². The molecule has 5 nitrogen and oxygen atoms in total. The lowest BCUT2D eigenvalue weighted by atomic mass is 9.97. The molecule has 1 aliphatic heterocycles. The number of aryl methyl sites for hydroxylation is 2. The number of nitrogens with one attached hydrogen (secondary N) is 1. The van der Waals surface area contributed by atoms with Crippen LogP contribution in [0.25, 0.3) is 0 Å². The molecule has 1 amide bonds. The Morgan fingerprint density at radius 2 is 1.87 bits per heavy atom. The second kappa shape index (κ2) is 6.77. The fourth-order valence-corrected chi connectivity index (χ4v) is 3.06. The number of para-hydroxylation sites is 1. The van der Waals surface area contributed by atoms with Gasteiger partial charge < -0.3 is 10.2 Å². The van der Waals surface area contributed by atoms with E-state index in [0.29, 0.717) is 12.5 Å². The number of carbonyl (C=O) groups excluding carboxylic acids is 1. The van der Waals surface area contributed by atoms with Crippen LogP contribution in [-0.2, 0) is 4.79 Å². The van der Waals surface area contributed by atoms with Crippen LogP contribution in [0.3, 0.4) is 0 Å². The zero-order chi connectivity index (χ0) is 16.2. The molecule has 1 aromatic carbocycles. The van der Waals surface area contributed by atoms with Gasteiger partial charge in [-0.1, -0.05) is 18.2 Å². The van der Waals surface area contributed by atoms with E-state index in [-0.39, 0.29) is 11.8 Å². The molecule has 1 saturated heterocycles. The Labute approximate surface area is 136 Å². The number of hydrogen-bond acceptors (Lipinski definition) is 4. The van der Waals surface area contributed by atoms with Crippen LogP contribution in [0.5, 0.6) is 0 Å². The van der Waals surface area contributed by atoms with E-state index in [1.165, 1.54) is 0 Å². The van der Waals surface area contributed by atoms with Crippen molar-refractivity contribution in [2.24, 2.45) is 5.92 Å². The predicted molar refractivity (Wildman–Crippen MR) is 91.5 cm³/mol. The van der Waals surface area contributed by atoms with Gasteiger partial charge in [0, 0.05) is 31.2 Å². The van der Waals surface area contributed by atoms with Gasteiger partial charge in [0.15, 0.2) is 0 Å². The average Bonchev–Trinajstić information content (AvgIpc) is 2.59. The summed E-state index contributed by atoms with van der Waals surface area (Å²) in [5.41, 5.74) is 3.13. The molecule has 120 valence electrons. The van der Waals surface area contributed by atoms with Crippen LogP contribution in [0.2, 0.25) is 0 Å². The summed E-state index contributed by atoms with van der Waals surface area (Å²) in [4.78, 5) is 23.3. The monoisotopic (exact) mass is 310 g/mol. The number of aromatic nitrogens is 2. The van der Waals surface area contributed by atoms with Gasteiger partial charge in [0.1, 0.15) is 0 Å². The minimum absolute atomic E-state index is 0.0356. The van der Waals surface area contributed by atoms with Gasteiger partial charge in [-0.25, -0.2) is 9.97 Å². The number of rotatable bonds is 3. The van der Waals surface area contributed by atoms with Gasteiger partial charge in [-0.3, -0.25) is 4.79 Å². The van der Waals surface area contributed by atoms with E-state index in [4.69, 9.17) is 0 Å². The highest BCUT2D eigenvalue weighted by atomic mass is 16.1. The maximum Gasteiger partial charge on any atom is 0.229 e. The molecule has 0 spiro atoms. The van der Waals surface area contributed by atoms with Crippen LogP contribution in [0.1, 0.15) is 24.0 Å². The van der Waals surface area contributed by atoms with Crippen molar-refractivity contribution >= 4 is 17.5 Å². The first kappa shape index (κ1) is 15.5. The van der Waals surface area contributed by atoms with E-state index >= 15 is 0 Å². The van der Waals surface area contributed by atoms with Crippen molar-refractivity contribution in [2.75, 3.05) is 23.3 Å². The van der Waals surface area contributed by atoms with E-state index in [1.807, 2.05) is 32.0 Å². The predicted octanol–water partition coefficient (Wildman–Crippen LogP) is 2.95. The topological polar surface area (TPSA) is 58.1 Å². The van der Waals surface area contributed by atoms with E-state index in [0.717, 1.165) is 36.2 Å². The molecule has 2 aromatic rings. The van der Waals surface area contributed by atoms with Crippen LogP contribution < -0.4 is 10.2 Å². The summed E-state index contributed by atoms with van der Waals surface area (Å²) in [6, 6.07) is 7.86. The Bertz CT molecular complexity index is 666. The molecule has 1 fully saturated rings. The zero-order valence-corrected chi connectivity index (χ0v) is 13.6. The molecule has 23 heavy (non-hydrogen) atoms. The van der Waals surface area contributed by atoms with E-state index in [1.54, 1.807) is 18.5 Å². The highest BCUT2D eigenvalue weighted by molar-refractivity contribution is 5.94. The quantitative estimate of drug-likeness (QED) is 0.947. The van der Waals surface area contributed by atoms with Crippen LogP contribution in [0.4, 0.5) is 11.6 Å². The molecule has 1 N–H and O–H groups in total. The molecule has 2 heterocycles. The third-order valence-corrected chi connectivity index (χ3v) is 4.36. The Balaban J connectivity index is 1.70. The summed E-state index contributed by atoms with van der Waals surface area (Å²) >= 11 is 0. The second-order valence-electron chi connectivity index (χ2n) is 6.09. The lowest BCUT2D eigenvalue weighted by molar-refractivity contribution is -0.120. The molecule has 0 saturated carbocycles. The number of nitrogens with zero attached hydrogens (tertiary/aromatic N) is 3. The third kappa shape index (κ3) is 3.50. The molecule has 5 heteroatoms. The number of amides is 1. The molecule has 0 aliphatic carbocycles. The first-order valence-corrected chi connectivity index (χ1v) is 8.04. The smallest absolute Gasteiger partial charge is 0.229 e. The Kier molecular flexibility index (Phi) is 4.55. The van der Waals surface area contributed by atoms with Gasteiger partial charge in [0.2, 0.25) is 11.9 Å². The molecule has 0 bridgehead atoms. The Hall–Kier alpha value is -2.43. The maximum absolute atomic E-state index is 12.7.